The van der Waals surface area contributed by atoms with Crippen molar-refractivity contribution < 1.29 is 24.2 Å². The molecule has 0 saturated carbocycles. The van der Waals surface area contributed by atoms with Gasteiger partial charge < -0.3 is 15.2 Å². The lowest BCUT2D eigenvalue weighted by atomic mass is 10.3. The van der Waals surface area contributed by atoms with Gasteiger partial charge in [0, 0.05) is 17.7 Å². The predicted octanol–water partition coefficient (Wildman–Crippen LogP) is 2.22. The second-order valence-corrected chi connectivity index (χ2v) is 6.06. The molecule has 0 bridgehead atoms. The minimum Gasteiger partial charge on any atom is -0.483 e. The Balaban J connectivity index is 2.45. The third-order valence-electron chi connectivity index (χ3n) is 2.33. The summed E-state index contributed by atoms with van der Waals surface area (Å²) in [6.07, 6.45) is 0. The van der Waals surface area contributed by atoms with E-state index in [0.29, 0.717) is 10.8 Å². The Bertz CT molecular complexity index is 582. The van der Waals surface area contributed by atoms with E-state index in [1.807, 2.05) is 0 Å². The highest BCUT2D eigenvalue weighted by Gasteiger charge is 2.20. The van der Waals surface area contributed by atoms with Crippen LogP contribution in [0.4, 0.5) is 0 Å². The van der Waals surface area contributed by atoms with Crippen LogP contribution in [0.25, 0.3) is 0 Å². The molecule has 22 heavy (non-hydrogen) atoms. The Morgan fingerprint density at radius 1 is 1.36 bits per heavy atom. The summed E-state index contributed by atoms with van der Waals surface area (Å²) in [5.41, 5.74) is 0. The maximum Gasteiger partial charge on any atom is 0.327 e. The molecule has 0 fully saturated rings. The average molecular weight is 366 g/mol. The van der Waals surface area contributed by atoms with Gasteiger partial charge in [0.25, 0.3) is 0 Å². The topological polar surface area (TPSA) is 92.7 Å². The first-order chi connectivity index (χ1) is 10.3. The van der Waals surface area contributed by atoms with Gasteiger partial charge in [0.15, 0.2) is 6.61 Å². The molecular formula is C13H13Cl2NO5S. The summed E-state index contributed by atoms with van der Waals surface area (Å²) >= 11 is 12.4. The quantitative estimate of drug-likeness (QED) is 0.769. The van der Waals surface area contributed by atoms with Gasteiger partial charge in [-0.3, -0.25) is 9.59 Å². The van der Waals surface area contributed by atoms with Crippen molar-refractivity contribution in [2.45, 2.75) is 13.0 Å². The Hall–Kier alpha value is -1.44. The highest BCUT2D eigenvalue weighted by molar-refractivity contribution is 8.13. The number of carbonyl (C=O) groups is 3. The molecule has 0 spiro atoms. The van der Waals surface area contributed by atoms with Crippen LogP contribution in [0.5, 0.6) is 5.75 Å². The number of thioether (sulfide) groups is 1. The number of carboxylic acids is 1. The van der Waals surface area contributed by atoms with Gasteiger partial charge in [-0.1, -0.05) is 35.0 Å². The molecule has 1 unspecified atom stereocenters. The van der Waals surface area contributed by atoms with Crippen LogP contribution < -0.4 is 10.1 Å². The second-order valence-electron chi connectivity index (χ2n) is 4.14. The summed E-state index contributed by atoms with van der Waals surface area (Å²) in [6, 6.07) is 3.44. The van der Waals surface area contributed by atoms with Crippen molar-refractivity contribution in [3.8, 4) is 5.75 Å². The molecule has 1 atom stereocenters. The van der Waals surface area contributed by atoms with Crippen molar-refractivity contribution >= 4 is 52.0 Å². The molecule has 6 nitrogen and oxygen atoms in total. The van der Waals surface area contributed by atoms with Gasteiger partial charge in [0.1, 0.15) is 11.8 Å². The van der Waals surface area contributed by atoms with Gasteiger partial charge in [-0.05, 0) is 18.2 Å². The van der Waals surface area contributed by atoms with E-state index in [1.165, 1.54) is 19.1 Å². The predicted molar refractivity (Wildman–Crippen MR) is 84.7 cm³/mol. The fraction of sp³-hybridized carbons (Fsp3) is 0.308. The lowest BCUT2D eigenvalue weighted by molar-refractivity contribution is -0.140. The van der Waals surface area contributed by atoms with E-state index in [-0.39, 0.29) is 22.5 Å². The number of carbonyl (C=O) groups excluding carboxylic acids is 2. The summed E-state index contributed by atoms with van der Waals surface area (Å²) in [4.78, 5) is 33.4. The third-order valence-corrected chi connectivity index (χ3v) is 3.80. The maximum atomic E-state index is 11.7. The molecule has 0 radical (unpaired) electrons. The van der Waals surface area contributed by atoms with Crippen LogP contribution in [0.3, 0.4) is 0 Å². The Kier molecular flexibility index (Phi) is 7.50. The highest BCUT2D eigenvalue weighted by atomic mass is 35.5. The highest BCUT2D eigenvalue weighted by Crippen LogP contribution is 2.27. The second kappa shape index (κ2) is 8.87. The van der Waals surface area contributed by atoms with Crippen molar-refractivity contribution in [2.75, 3.05) is 12.4 Å². The van der Waals surface area contributed by atoms with E-state index in [1.54, 1.807) is 6.07 Å². The summed E-state index contributed by atoms with van der Waals surface area (Å²) in [7, 11) is 0. The third kappa shape index (κ3) is 6.55. The summed E-state index contributed by atoms with van der Waals surface area (Å²) < 4.78 is 5.23. The number of rotatable bonds is 7. The lowest BCUT2D eigenvalue weighted by Crippen LogP contribution is -2.41. The monoisotopic (exact) mass is 365 g/mol. The largest absolute Gasteiger partial charge is 0.483 e. The molecule has 0 aliphatic rings. The number of nitrogens with one attached hydrogen (secondary N) is 1. The standard InChI is InChI=1S/C13H13Cl2NO5S/c1-7(17)16-10(13(19)20)6-22-12(18)5-21-11-3-2-8(14)4-9(11)15/h2-4,10H,5-6H2,1H3,(H,16,17)(H,19,20). The molecule has 1 rings (SSSR count). The maximum absolute atomic E-state index is 11.7. The van der Waals surface area contributed by atoms with Gasteiger partial charge in [-0.25, -0.2) is 4.79 Å². The number of ether oxygens (including phenoxy) is 1. The van der Waals surface area contributed by atoms with E-state index < -0.39 is 17.9 Å². The van der Waals surface area contributed by atoms with E-state index in [9.17, 15) is 14.4 Å². The number of aliphatic carboxylic acids is 1. The zero-order chi connectivity index (χ0) is 16.7. The smallest absolute Gasteiger partial charge is 0.327 e. The molecule has 0 saturated heterocycles. The van der Waals surface area contributed by atoms with Gasteiger partial charge in [-0.15, -0.1) is 0 Å². The minimum atomic E-state index is -1.21. The number of hydrogen-bond donors (Lipinski definition) is 2. The SMILES string of the molecule is CC(=O)NC(CSC(=O)COc1ccc(Cl)cc1Cl)C(=O)O. The first kappa shape index (κ1) is 18.6. The number of amides is 1. The van der Waals surface area contributed by atoms with Crippen LogP contribution >= 0.6 is 35.0 Å². The summed E-state index contributed by atoms with van der Waals surface area (Å²) in [5, 5.41) is 11.5. The fourth-order valence-electron chi connectivity index (χ4n) is 1.37. The summed E-state index contributed by atoms with van der Waals surface area (Å²) in [5.74, 6) is -1.48. The van der Waals surface area contributed by atoms with Gasteiger partial charge in [-0.2, -0.15) is 0 Å². The van der Waals surface area contributed by atoms with Crippen molar-refractivity contribution in [3.63, 3.8) is 0 Å². The molecule has 0 heterocycles. The van der Waals surface area contributed by atoms with E-state index in [4.69, 9.17) is 33.0 Å². The Morgan fingerprint density at radius 3 is 2.59 bits per heavy atom. The zero-order valence-corrected chi connectivity index (χ0v) is 13.8. The summed E-state index contributed by atoms with van der Waals surface area (Å²) in [6.45, 7) is 0.923. The van der Waals surface area contributed by atoms with Crippen molar-refractivity contribution in [2.24, 2.45) is 0 Å². The molecule has 9 heteroatoms. The molecule has 1 amide bonds. The van der Waals surface area contributed by atoms with Crippen LogP contribution in [-0.2, 0) is 14.4 Å². The number of benzene rings is 1. The van der Waals surface area contributed by atoms with Crippen LogP contribution in [0.1, 0.15) is 6.92 Å². The number of carboxylic acid groups (broad SMARTS) is 1. The van der Waals surface area contributed by atoms with E-state index in [2.05, 4.69) is 5.32 Å². The molecule has 1 aromatic carbocycles. The van der Waals surface area contributed by atoms with Gasteiger partial charge in [0.05, 0.1) is 5.02 Å². The fourth-order valence-corrected chi connectivity index (χ4v) is 2.55. The van der Waals surface area contributed by atoms with Gasteiger partial charge in [0.2, 0.25) is 11.0 Å². The van der Waals surface area contributed by atoms with Crippen LogP contribution in [0, 0.1) is 0 Å². The average Bonchev–Trinajstić information content (AvgIpc) is 2.41. The lowest BCUT2D eigenvalue weighted by Gasteiger charge is -2.12. The Labute approximate surface area is 141 Å². The minimum absolute atomic E-state index is 0.0918. The van der Waals surface area contributed by atoms with Crippen LogP contribution in [-0.4, -0.2) is 40.5 Å². The number of hydrogen-bond acceptors (Lipinski definition) is 5. The van der Waals surface area contributed by atoms with Crippen molar-refractivity contribution in [1.29, 1.82) is 0 Å². The first-order valence-corrected chi connectivity index (χ1v) is 7.77. The number of halogens is 2. The molecule has 120 valence electrons. The van der Waals surface area contributed by atoms with Crippen molar-refractivity contribution in [1.82, 2.24) is 5.32 Å². The zero-order valence-electron chi connectivity index (χ0n) is 11.5. The molecule has 0 aliphatic carbocycles. The van der Waals surface area contributed by atoms with E-state index >= 15 is 0 Å². The molecule has 2 N–H and O–H groups in total. The normalized spacial score (nSPS) is 11.6. The molecular weight excluding hydrogens is 353 g/mol. The first-order valence-electron chi connectivity index (χ1n) is 6.03. The van der Waals surface area contributed by atoms with Gasteiger partial charge >= 0.3 is 5.97 Å². The van der Waals surface area contributed by atoms with Crippen LogP contribution in [0.2, 0.25) is 10.0 Å². The molecule has 0 aliphatic heterocycles. The Morgan fingerprint density at radius 2 is 2.05 bits per heavy atom. The van der Waals surface area contributed by atoms with Crippen molar-refractivity contribution in [3.05, 3.63) is 28.2 Å². The molecule has 0 aromatic heterocycles. The van der Waals surface area contributed by atoms with Crippen LogP contribution in [0.15, 0.2) is 18.2 Å². The van der Waals surface area contributed by atoms with E-state index in [0.717, 1.165) is 11.8 Å². The molecule has 1 aromatic rings.